The van der Waals surface area contributed by atoms with Crippen molar-refractivity contribution in [2.24, 2.45) is 5.41 Å². The lowest BCUT2D eigenvalue weighted by Gasteiger charge is -2.21. The fraction of sp³-hybridized carbons (Fsp3) is 0.800. The minimum absolute atomic E-state index is 0.184. The molecule has 0 amide bonds. The average Bonchev–Trinajstić information content (AvgIpc) is 2.56. The number of carbonyl (C=O) groups excluding carboxylic acids is 2. The molecule has 0 aromatic carbocycles. The van der Waals surface area contributed by atoms with E-state index >= 15 is 0 Å². The summed E-state index contributed by atoms with van der Waals surface area (Å²) >= 11 is 0. The van der Waals surface area contributed by atoms with Crippen molar-refractivity contribution in [3.8, 4) is 11.8 Å². The van der Waals surface area contributed by atoms with Crippen molar-refractivity contribution >= 4 is 11.9 Å². The van der Waals surface area contributed by atoms with E-state index < -0.39 is 5.41 Å². The van der Waals surface area contributed by atoms with Gasteiger partial charge in [0.05, 0.1) is 13.2 Å². The van der Waals surface area contributed by atoms with Gasteiger partial charge in [0.15, 0.2) is 0 Å². The number of ether oxygens (including phenoxy) is 2. The molecule has 1 atom stereocenters. The Morgan fingerprint density at radius 2 is 1.67 bits per heavy atom. The Morgan fingerprint density at radius 1 is 0.958 bits per heavy atom. The highest BCUT2D eigenvalue weighted by molar-refractivity contribution is 5.81. The molecule has 24 heavy (non-hydrogen) atoms. The highest BCUT2D eigenvalue weighted by Gasteiger charge is 2.33. The molecule has 0 rings (SSSR count). The minimum Gasteiger partial charge on any atom is -0.466 e. The molecule has 0 aromatic heterocycles. The summed E-state index contributed by atoms with van der Waals surface area (Å²) in [5.41, 5.74) is -0.940. The number of hydrogen-bond donors (Lipinski definition) is 0. The number of hydrogen-bond acceptors (Lipinski definition) is 4. The van der Waals surface area contributed by atoms with E-state index in [1.54, 1.807) is 13.8 Å². The van der Waals surface area contributed by atoms with Crippen LogP contribution in [0.15, 0.2) is 0 Å². The summed E-state index contributed by atoms with van der Waals surface area (Å²) in [5, 5.41) is 0. The maximum absolute atomic E-state index is 12.2. The second-order valence-electron chi connectivity index (χ2n) is 6.24. The van der Waals surface area contributed by atoms with Crippen LogP contribution in [0.25, 0.3) is 0 Å². The van der Waals surface area contributed by atoms with Gasteiger partial charge >= 0.3 is 11.9 Å². The van der Waals surface area contributed by atoms with Gasteiger partial charge in [-0.1, -0.05) is 45.5 Å². The Balaban J connectivity index is 4.57. The molecule has 0 saturated carbocycles. The van der Waals surface area contributed by atoms with E-state index in [1.165, 1.54) is 12.8 Å². The predicted molar refractivity (Wildman–Crippen MR) is 96.4 cm³/mol. The number of rotatable bonds is 12. The van der Waals surface area contributed by atoms with Gasteiger partial charge in [0.1, 0.15) is 5.41 Å². The lowest BCUT2D eigenvalue weighted by atomic mass is 9.86. The number of esters is 2. The molecule has 0 fully saturated rings. The molecule has 1 unspecified atom stereocenters. The molecule has 0 N–H and O–H groups in total. The zero-order valence-corrected chi connectivity index (χ0v) is 15.9. The first kappa shape index (κ1) is 22.5. The molecule has 0 aliphatic heterocycles. The van der Waals surface area contributed by atoms with Gasteiger partial charge in [-0.15, -0.1) is 5.92 Å². The topological polar surface area (TPSA) is 52.6 Å². The van der Waals surface area contributed by atoms with E-state index in [0.717, 1.165) is 32.1 Å². The molecule has 0 heterocycles. The van der Waals surface area contributed by atoms with Crippen molar-refractivity contribution in [1.29, 1.82) is 0 Å². The molecule has 0 bridgehead atoms. The van der Waals surface area contributed by atoms with Crippen LogP contribution in [0, 0.1) is 17.3 Å². The molecular formula is C20H34O4. The van der Waals surface area contributed by atoms with Gasteiger partial charge in [-0.25, -0.2) is 0 Å². The Labute approximate surface area is 147 Å². The third-order valence-electron chi connectivity index (χ3n) is 3.84. The molecule has 0 saturated heterocycles. The molecule has 0 aliphatic rings. The van der Waals surface area contributed by atoms with Crippen LogP contribution in [0.1, 0.15) is 85.5 Å². The fourth-order valence-corrected chi connectivity index (χ4v) is 2.16. The first-order valence-corrected chi connectivity index (χ1v) is 9.33. The van der Waals surface area contributed by atoms with E-state index in [0.29, 0.717) is 19.6 Å². The SMILES string of the molecule is CCCCCCC#CC(C)(CCC(=O)OCCCC)C(=O)OCC. The summed E-state index contributed by atoms with van der Waals surface area (Å²) in [6.45, 7) is 8.49. The van der Waals surface area contributed by atoms with Gasteiger partial charge in [0.2, 0.25) is 0 Å². The summed E-state index contributed by atoms with van der Waals surface area (Å²) < 4.78 is 10.3. The average molecular weight is 338 g/mol. The molecule has 0 radical (unpaired) electrons. The largest absolute Gasteiger partial charge is 0.466 e. The summed E-state index contributed by atoms with van der Waals surface area (Å²) in [6, 6.07) is 0. The Hall–Kier alpha value is -1.50. The van der Waals surface area contributed by atoms with E-state index in [-0.39, 0.29) is 18.4 Å². The lowest BCUT2D eigenvalue weighted by molar-refractivity contribution is -0.152. The van der Waals surface area contributed by atoms with E-state index in [4.69, 9.17) is 9.47 Å². The van der Waals surface area contributed by atoms with Crippen LogP contribution in [-0.4, -0.2) is 25.2 Å². The van der Waals surface area contributed by atoms with Crippen LogP contribution in [0.2, 0.25) is 0 Å². The Kier molecular flexibility index (Phi) is 13.0. The Morgan fingerprint density at radius 3 is 2.29 bits per heavy atom. The van der Waals surface area contributed by atoms with Gasteiger partial charge in [-0.2, -0.15) is 0 Å². The second kappa shape index (κ2) is 13.9. The third-order valence-corrected chi connectivity index (χ3v) is 3.84. The monoisotopic (exact) mass is 338 g/mol. The normalized spacial score (nSPS) is 12.7. The van der Waals surface area contributed by atoms with Crippen molar-refractivity contribution in [3.05, 3.63) is 0 Å². The maximum atomic E-state index is 12.2. The number of unbranched alkanes of at least 4 members (excludes halogenated alkanes) is 5. The molecular weight excluding hydrogens is 304 g/mol. The van der Waals surface area contributed by atoms with Gasteiger partial charge in [0.25, 0.3) is 0 Å². The molecule has 0 aliphatic carbocycles. The van der Waals surface area contributed by atoms with Crippen molar-refractivity contribution in [2.75, 3.05) is 13.2 Å². The first-order valence-electron chi connectivity index (χ1n) is 9.33. The molecule has 4 heteroatoms. The van der Waals surface area contributed by atoms with Crippen LogP contribution in [0.3, 0.4) is 0 Å². The third kappa shape index (κ3) is 10.3. The lowest BCUT2D eigenvalue weighted by Crippen LogP contribution is -2.29. The summed E-state index contributed by atoms with van der Waals surface area (Å²) in [7, 11) is 0. The summed E-state index contributed by atoms with van der Waals surface area (Å²) in [5.74, 6) is 5.52. The Bertz CT molecular complexity index is 419. The number of carbonyl (C=O) groups is 2. The smallest absolute Gasteiger partial charge is 0.323 e. The highest BCUT2D eigenvalue weighted by atomic mass is 16.5. The van der Waals surface area contributed by atoms with Crippen molar-refractivity contribution < 1.29 is 19.1 Å². The predicted octanol–water partition coefficient (Wildman–Crippen LogP) is 4.65. The van der Waals surface area contributed by atoms with E-state index in [1.807, 2.05) is 6.92 Å². The van der Waals surface area contributed by atoms with Crippen molar-refractivity contribution in [3.63, 3.8) is 0 Å². The van der Waals surface area contributed by atoms with E-state index in [9.17, 15) is 9.59 Å². The van der Waals surface area contributed by atoms with E-state index in [2.05, 4.69) is 18.8 Å². The van der Waals surface area contributed by atoms with Crippen LogP contribution >= 0.6 is 0 Å². The quantitative estimate of drug-likeness (QED) is 0.295. The zero-order valence-electron chi connectivity index (χ0n) is 15.9. The van der Waals surface area contributed by atoms with Crippen LogP contribution < -0.4 is 0 Å². The van der Waals surface area contributed by atoms with Crippen LogP contribution in [0.5, 0.6) is 0 Å². The highest BCUT2D eigenvalue weighted by Crippen LogP contribution is 2.25. The van der Waals surface area contributed by atoms with Gasteiger partial charge in [-0.3, -0.25) is 9.59 Å². The molecule has 0 aromatic rings. The summed E-state index contributed by atoms with van der Waals surface area (Å²) in [6.07, 6.45) is 7.73. The van der Waals surface area contributed by atoms with Gasteiger partial charge < -0.3 is 9.47 Å². The minimum atomic E-state index is -0.940. The molecule has 138 valence electrons. The van der Waals surface area contributed by atoms with Crippen molar-refractivity contribution in [1.82, 2.24) is 0 Å². The zero-order chi connectivity index (χ0) is 18.3. The molecule has 4 nitrogen and oxygen atoms in total. The second-order valence-corrected chi connectivity index (χ2v) is 6.24. The van der Waals surface area contributed by atoms with Gasteiger partial charge in [0, 0.05) is 12.8 Å². The fourth-order valence-electron chi connectivity index (χ4n) is 2.16. The first-order chi connectivity index (χ1) is 11.5. The standard InChI is InChI=1S/C20H34O4/c1-5-8-10-11-12-13-15-20(4,19(22)23-7-3)16-14-18(21)24-17-9-6-2/h5-12,14,16-17H2,1-4H3. The van der Waals surface area contributed by atoms with Crippen LogP contribution in [0.4, 0.5) is 0 Å². The van der Waals surface area contributed by atoms with Crippen LogP contribution in [-0.2, 0) is 19.1 Å². The summed E-state index contributed by atoms with van der Waals surface area (Å²) in [4.78, 5) is 24.0. The molecule has 0 spiro atoms. The van der Waals surface area contributed by atoms with Crippen molar-refractivity contribution in [2.45, 2.75) is 85.5 Å². The maximum Gasteiger partial charge on any atom is 0.323 e. The van der Waals surface area contributed by atoms with Gasteiger partial charge in [-0.05, 0) is 33.1 Å².